The van der Waals surface area contributed by atoms with Gasteiger partial charge >= 0.3 is 6.18 Å². The number of carbonyl (C=O) groups excluding carboxylic acids is 1. The van der Waals surface area contributed by atoms with E-state index in [-0.39, 0.29) is 25.3 Å². The van der Waals surface area contributed by atoms with Crippen molar-refractivity contribution in [2.24, 2.45) is 5.41 Å². The van der Waals surface area contributed by atoms with Crippen LogP contribution in [0, 0.1) is 16.6 Å². The van der Waals surface area contributed by atoms with Crippen LogP contribution in [-0.2, 0) is 4.79 Å². The molecule has 2 nitrogen and oxygen atoms in total. The second-order valence-corrected chi connectivity index (χ2v) is 3.34. The van der Waals surface area contributed by atoms with Gasteiger partial charge in [0.2, 0.25) is 0 Å². The molecule has 1 aliphatic heterocycles. The Morgan fingerprint density at radius 3 is 2.38 bits per heavy atom. The number of hydrogen-bond acceptors (Lipinski definition) is 2. The Balaban J connectivity index is 2.88. The van der Waals surface area contributed by atoms with Gasteiger partial charge in [0.15, 0.2) is 0 Å². The molecule has 0 aromatic rings. The maximum atomic E-state index is 12.4. The van der Waals surface area contributed by atoms with E-state index in [1.54, 1.807) is 5.97 Å². The molecule has 0 bridgehead atoms. The molecule has 1 saturated heterocycles. The van der Waals surface area contributed by atoms with Crippen LogP contribution in [0.1, 0.15) is 6.42 Å². The quantitative estimate of drug-likeness (QED) is 0.465. The Hall–Kier alpha value is -0.985. The number of alkyl halides is 3. The summed E-state index contributed by atoms with van der Waals surface area (Å²) in [4.78, 5) is 10.4. The van der Waals surface area contributed by atoms with Crippen LogP contribution in [0.15, 0.2) is 0 Å². The molecule has 0 aromatic carbocycles. The molecule has 1 heterocycles. The van der Waals surface area contributed by atoms with Gasteiger partial charge in [-0.1, -0.05) is 6.32 Å². The summed E-state index contributed by atoms with van der Waals surface area (Å²) in [5.74, 6) is 1.77. The lowest BCUT2D eigenvalue weighted by Gasteiger charge is -2.25. The van der Waals surface area contributed by atoms with Gasteiger partial charge in [0.1, 0.15) is 11.7 Å². The highest BCUT2D eigenvalue weighted by Gasteiger charge is 2.59. The number of nitrogens with zero attached hydrogens (tertiary/aromatic N) is 1. The third-order valence-electron chi connectivity index (χ3n) is 2.52. The maximum absolute atomic E-state index is 12.4. The topological polar surface area (TPSA) is 40.9 Å². The van der Waals surface area contributed by atoms with E-state index in [0.29, 0.717) is 0 Å². The van der Waals surface area contributed by atoms with Crippen LogP contribution in [0.5, 0.6) is 0 Å². The van der Waals surface area contributed by atoms with Gasteiger partial charge in [-0.25, -0.2) is 5.26 Å². The van der Waals surface area contributed by atoms with Crippen LogP contribution >= 0.6 is 0 Å². The Morgan fingerprint density at radius 2 is 2.15 bits per heavy atom. The van der Waals surface area contributed by atoms with Gasteiger partial charge < -0.3 is 4.79 Å². The predicted octanol–water partition coefficient (Wildman–Crippen LogP) is 1.70. The first-order valence-electron chi connectivity index (χ1n) is 3.88. The molecule has 0 saturated carbocycles. The van der Waals surface area contributed by atoms with Gasteiger partial charge in [-0.05, 0) is 12.7 Å². The molecule has 1 unspecified atom stereocenters. The highest BCUT2D eigenvalue weighted by atomic mass is 19.4. The zero-order valence-electron chi connectivity index (χ0n) is 6.77. The van der Waals surface area contributed by atoms with E-state index in [4.69, 9.17) is 5.26 Å². The summed E-state index contributed by atoms with van der Waals surface area (Å²) >= 11 is 0. The molecule has 1 rings (SSSR count). The molecule has 0 amide bonds. The Morgan fingerprint density at radius 1 is 1.54 bits per heavy atom. The maximum Gasteiger partial charge on any atom is 0.400 e. The zero-order chi connectivity index (χ0) is 10.1. The molecule has 0 aromatic heterocycles. The third-order valence-corrected chi connectivity index (χ3v) is 2.52. The minimum atomic E-state index is -4.51. The SMILES string of the molecule is N#CB1CCC(C=O)(C(F)(F)F)C1. The van der Waals surface area contributed by atoms with Gasteiger partial charge in [-0.2, -0.15) is 13.2 Å². The summed E-state index contributed by atoms with van der Waals surface area (Å²) < 4.78 is 37.2. The fourth-order valence-electron chi connectivity index (χ4n) is 1.62. The fraction of sp³-hybridized carbons (Fsp3) is 0.714. The van der Waals surface area contributed by atoms with Crippen molar-refractivity contribution in [3.05, 3.63) is 0 Å². The average Bonchev–Trinajstić information content (AvgIpc) is 2.47. The second-order valence-electron chi connectivity index (χ2n) is 3.34. The molecular weight excluding hydrogens is 182 g/mol. The molecule has 0 spiro atoms. The number of rotatable bonds is 1. The lowest BCUT2D eigenvalue weighted by molar-refractivity contribution is -0.207. The number of halogens is 3. The summed E-state index contributed by atoms with van der Waals surface area (Å²) in [6, 6.07) is 0. The van der Waals surface area contributed by atoms with Crippen LogP contribution < -0.4 is 0 Å². The lowest BCUT2D eigenvalue weighted by atomic mass is 9.49. The van der Waals surface area contributed by atoms with E-state index >= 15 is 0 Å². The van der Waals surface area contributed by atoms with E-state index in [0.717, 1.165) is 0 Å². The minimum Gasteiger partial charge on any atom is -0.302 e. The first-order chi connectivity index (χ1) is 5.95. The lowest BCUT2D eigenvalue weighted by Crippen LogP contribution is -2.37. The molecule has 1 atom stereocenters. The summed E-state index contributed by atoms with van der Waals surface area (Å²) in [7, 11) is 0. The third kappa shape index (κ3) is 1.55. The van der Waals surface area contributed by atoms with E-state index in [9.17, 15) is 18.0 Å². The largest absolute Gasteiger partial charge is 0.400 e. The predicted molar refractivity (Wildman–Crippen MR) is 40.2 cm³/mol. The first kappa shape index (κ1) is 10.1. The summed E-state index contributed by atoms with van der Waals surface area (Å²) in [5.41, 5.74) is -2.26. The van der Waals surface area contributed by atoms with Gasteiger partial charge in [0, 0.05) is 5.97 Å². The summed E-state index contributed by atoms with van der Waals surface area (Å²) in [6.45, 7) is -0.633. The Bertz CT molecular complexity index is 259. The highest BCUT2D eigenvalue weighted by Crippen LogP contribution is 2.49. The van der Waals surface area contributed by atoms with Crippen molar-refractivity contribution in [3.63, 3.8) is 0 Å². The number of hydrogen-bond donors (Lipinski definition) is 0. The number of aldehydes is 1. The van der Waals surface area contributed by atoms with Crippen LogP contribution in [0.3, 0.4) is 0 Å². The van der Waals surface area contributed by atoms with Crippen LogP contribution in [0.2, 0.25) is 12.6 Å². The van der Waals surface area contributed by atoms with Crippen molar-refractivity contribution >= 4 is 13.0 Å². The molecule has 1 aliphatic rings. The average molecular weight is 189 g/mol. The van der Waals surface area contributed by atoms with E-state index in [2.05, 4.69) is 0 Å². The zero-order valence-corrected chi connectivity index (χ0v) is 6.77. The van der Waals surface area contributed by atoms with Gasteiger partial charge in [-0.3, -0.25) is 0 Å². The smallest absolute Gasteiger partial charge is 0.302 e. The molecule has 1 fully saturated rings. The monoisotopic (exact) mass is 189 g/mol. The molecule has 0 N–H and O–H groups in total. The second kappa shape index (κ2) is 3.06. The van der Waals surface area contributed by atoms with Crippen molar-refractivity contribution in [1.82, 2.24) is 0 Å². The van der Waals surface area contributed by atoms with Crippen molar-refractivity contribution in [3.8, 4) is 5.97 Å². The summed E-state index contributed by atoms with van der Waals surface area (Å²) in [6.07, 6.45) is -5.03. The standard InChI is InChI=1S/C7H7BF3NO/c9-7(10,11)6(4-13)1-2-8(3-6)5-12/h4H,1-3H2. The van der Waals surface area contributed by atoms with Gasteiger partial charge in [0.05, 0.1) is 0 Å². The Labute approximate surface area is 73.8 Å². The molecule has 13 heavy (non-hydrogen) atoms. The molecule has 70 valence electrons. The normalized spacial score (nSPS) is 28.6. The van der Waals surface area contributed by atoms with Crippen molar-refractivity contribution in [1.29, 1.82) is 5.26 Å². The van der Waals surface area contributed by atoms with Crippen molar-refractivity contribution < 1.29 is 18.0 Å². The van der Waals surface area contributed by atoms with E-state index in [1.807, 2.05) is 0 Å². The highest BCUT2D eigenvalue weighted by molar-refractivity contribution is 6.68. The van der Waals surface area contributed by atoms with Crippen LogP contribution in [-0.4, -0.2) is 19.2 Å². The first-order valence-corrected chi connectivity index (χ1v) is 3.88. The van der Waals surface area contributed by atoms with E-state index < -0.39 is 18.3 Å². The molecule has 0 aliphatic carbocycles. The number of carbonyl (C=O) groups is 1. The van der Waals surface area contributed by atoms with Crippen LogP contribution in [0.4, 0.5) is 13.2 Å². The summed E-state index contributed by atoms with van der Waals surface area (Å²) in [5, 5.41) is 8.43. The minimum absolute atomic E-state index is 0.0513. The van der Waals surface area contributed by atoms with Gasteiger partial charge in [-0.15, -0.1) is 0 Å². The fourth-order valence-corrected chi connectivity index (χ4v) is 1.62. The van der Waals surface area contributed by atoms with E-state index in [1.165, 1.54) is 0 Å². The van der Waals surface area contributed by atoms with Crippen molar-refractivity contribution in [2.75, 3.05) is 0 Å². The molecule has 6 heteroatoms. The van der Waals surface area contributed by atoms with Crippen molar-refractivity contribution in [2.45, 2.75) is 25.2 Å². The molecule has 0 radical (unpaired) electrons. The van der Waals surface area contributed by atoms with Crippen LogP contribution in [0.25, 0.3) is 0 Å². The van der Waals surface area contributed by atoms with Gasteiger partial charge in [0.25, 0.3) is 6.71 Å². The number of nitriles is 1. The Kier molecular flexibility index (Phi) is 2.37. The molecular formula is C7H7BF3NO.